The van der Waals surface area contributed by atoms with E-state index in [1.54, 1.807) is 0 Å². The second kappa shape index (κ2) is 9.40. The number of nitrogens with zero attached hydrogens (tertiary/aromatic N) is 1. The summed E-state index contributed by atoms with van der Waals surface area (Å²) in [7, 11) is 0.760. The lowest BCUT2D eigenvalue weighted by Crippen LogP contribution is -3.00. The molecule has 3 rings (SSSR count). The van der Waals surface area contributed by atoms with E-state index in [9.17, 15) is 60.3 Å². The van der Waals surface area contributed by atoms with E-state index in [1.165, 1.54) is 0 Å². The van der Waals surface area contributed by atoms with Crippen molar-refractivity contribution in [3.63, 3.8) is 0 Å². The second-order valence-electron chi connectivity index (χ2n) is 7.51. The van der Waals surface area contributed by atoms with Gasteiger partial charge in [0.2, 0.25) is 0 Å². The Labute approximate surface area is 207 Å². The molecule has 0 radical (unpaired) electrons. The Kier molecular flexibility index (Phi) is 7.15. The molecule has 0 heterocycles. The summed E-state index contributed by atoms with van der Waals surface area (Å²) in [6.07, 6.45) is 0. The van der Waals surface area contributed by atoms with Crippen LogP contribution in [0, 0.1) is 0 Å². The SMILES string of the molecule is C[N+](C(=O)c1cc(O)c(O)c(O)c1)(C(=O)c1cc(O)c(O)c(O)c1)C(=O)c1cc(O)c(O)c(O)c1.[Cl-]. The van der Waals surface area contributed by atoms with Crippen molar-refractivity contribution in [1.82, 2.24) is 0 Å². The lowest BCUT2D eigenvalue weighted by Gasteiger charge is -2.27. The summed E-state index contributed by atoms with van der Waals surface area (Å²) < 4.78 is -1.91. The van der Waals surface area contributed by atoms with E-state index >= 15 is 0 Å². The molecule has 36 heavy (non-hydrogen) atoms. The number of rotatable bonds is 3. The Hall–Kier alpha value is -4.88. The molecule has 0 aliphatic carbocycles. The Bertz CT molecular complexity index is 1180. The topological polar surface area (TPSA) is 233 Å². The molecule has 0 aliphatic heterocycles. The van der Waals surface area contributed by atoms with Gasteiger partial charge in [0.15, 0.2) is 51.7 Å². The van der Waals surface area contributed by atoms with Crippen LogP contribution in [-0.4, -0.2) is 75.2 Å². The predicted octanol–water partition coefficient (Wildman–Crippen LogP) is -1.69. The molecule has 0 fully saturated rings. The van der Waals surface area contributed by atoms with Crippen LogP contribution >= 0.6 is 0 Å². The first-order chi connectivity index (χ1) is 16.2. The van der Waals surface area contributed by atoms with E-state index in [0.717, 1.165) is 7.05 Å². The van der Waals surface area contributed by atoms with Gasteiger partial charge in [-0.2, -0.15) is 0 Å². The van der Waals surface area contributed by atoms with Crippen LogP contribution in [0.2, 0.25) is 0 Å². The van der Waals surface area contributed by atoms with Gasteiger partial charge in [-0.25, -0.2) is 14.4 Å². The van der Waals surface area contributed by atoms with Crippen LogP contribution in [0.4, 0.5) is 0 Å². The zero-order valence-electron chi connectivity index (χ0n) is 18.0. The van der Waals surface area contributed by atoms with Gasteiger partial charge in [0.1, 0.15) is 0 Å². The summed E-state index contributed by atoms with van der Waals surface area (Å²) in [4.78, 5) is 40.4. The molecule has 3 aromatic carbocycles. The summed E-state index contributed by atoms with van der Waals surface area (Å²) in [6.45, 7) is 0. The zero-order chi connectivity index (χ0) is 26.4. The molecule has 0 saturated heterocycles. The molecular weight excluding hydrogens is 506 g/mol. The van der Waals surface area contributed by atoms with Crippen LogP contribution in [0.25, 0.3) is 0 Å². The van der Waals surface area contributed by atoms with Crippen molar-refractivity contribution in [3.05, 3.63) is 53.1 Å². The molecule has 0 spiro atoms. The number of halogens is 1. The first kappa shape index (κ1) is 27.4. The molecular formula is C22H18ClNO12. The summed E-state index contributed by atoms with van der Waals surface area (Å²) in [5.74, 6) is -13.0. The van der Waals surface area contributed by atoms with Crippen LogP contribution < -0.4 is 12.4 Å². The summed E-state index contributed by atoms with van der Waals surface area (Å²) in [6, 6.07) is 3.87. The van der Waals surface area contributed by atoms with Crippen molar-refractivity contribution in [2.45, 2.75) is 0 Å². The molecule has 14 heteroatoms. The standard InChI is InChI=1S/C22H17NO12.ClH/c1-23(20(33)8-2-11(24)17(30)12(25)3-8,21(34)9-4-13(26)18(31)14(27)5-9)22(35)10-6-15(28)19(32)16(29)7-10;/h2-7H,1H3,(H8-,24,25,26,27,28,29,30,31,32,33,34,35);1H. The number of carbonyl (C=O) groups excluding carboxylic acids is 3. The highest BCUT2D eigenvalue weighted by Gasteiger charge is 2.50. The maximum atomic E-state index is 13.5. The molecule has 0 aliphatic rings. The minimum absolute atomic E-state index is 0. The summed E-state index contributed by atoms with van der Waals surface area (Å²) in [5, 5.41) is 87.4. The molecule has 0 saturated carbocycles. The molecule has 0 unspecified atom stereocenters. The Balaban J connectivity index is 0.00000456. The molecule has 13 nitrogen and oxygen atoms in total. The van der Waals surface area contributed by atoms with Gasteiger partial charge in [-0.1, -0.05) is 0 Å². The largest absolute Gasteiger partial charge is 1.00 e. The number of hydrogen-bond acceptors (Lipinski definition) is 12. The zero-order valence-corrected chi connectivity index (χ0v) is 18.8. The number of aromatic hydroxyl groups is 9. The minimum atomic E-state index is -1.91. The van der Waals surface area contributed by atoms with Gasteiger partial charge >= 0.3 is 17.7 Å². The van der Waals surface area contributed by atoms with E-state index < -0.39 is 90.6 Å². The van der Waals surface area contributed by atoms with Crippen LogP contribution in [0.5, 0.6) is 51.7 Å². The van der Waals surface area contributed by atoms with E-state index in [-0.39, 0.29) is 12.4 Å². The Morgan fingerprint density at radius 2 is 0.639 bits per heavy atom. The number of amides is 3. The van der Waals surface area contributed by atoms with Crippen molar-refractivity contribution in [2.75, 3.05) is 7.05 Å². The molecule has 9 N–H and O–H groups in total. The molecule has 3 aromatic rings. The fraction of sp³-hybridized carbons (Fsp3) is 0.0455. The number of imide groups is 3. The lowest BCUT2D eigenvalue weighted by molar-refractivity contribution is -0.653. The van der Waals surface area contributed by atoms with Gasteiger partial charge < -0.3 is 58.4 Å². The predicted molar refractivity (Wildman–Crippen MR) is 113 cm³/mol. The summed E-state index contributed by atoms with van der Waals surface area (Å²) in [5.41, 5.74) is -1.95. The van der Waals surface area contributed by atoms with Crippen molar-refractivity contribution in [3.8, 4) is 51.7 Å². The third-order valence-corrected chi connectivity index (χ3v) is 5.17. The molecule has 3 amide bonds. The van der Waals surface area contributed by atoms with E-state index in [1.807, 2.05) is 0 Å². The average Bonchev–Trinajstić information content (AvgIpc) is 2.81. The van der Waals surface area contributed by atoms with Crippen molar-refractivity contribution in [2.24, 2.45) is 0 Å². The highest BCUT2D eigenvalue weighted by Crippen LogP contribution is 2.40. The van der Waals surface area contributed by atoms with Crippen molar-refractivity contribution < 1.29 is 77.2 Å². The smallest absolute Gasteiger partial charge is 0.361 e. The van der Waals surface area contributed by atoms with E-state index in [4.69, 9.17) is 0 Å². The van der Waals surface area contributed by atoms with Gasteiger partial charge in [-0.15, -0.1) is 4.48 Å². The van der Waals surface area contributed by atoms with Crippen LogP contribution in [0.1, 0.15) is 31.1 Å². The first-order valence-electron chi connectivity index (χ1n) is 9.46. The maximum Gasteiger partial charge on any atom is 0.361 e. The number of benzene rings is 3. The molecule has 190 valence electrons. The van der Waals surface area contributed by atoms with E-state index in [2.05, 4.69) is 0 Å². The number of phenolic OH excluding ortho intramolecular Hbond substituents is 9. The number of hydrogen-bond donors (Lipinski definition) is 9. The Morgan fingerprint density at radius 1 is 0.472 bits per heavy atom. The molecule has 0 aromatic heterocycles. The van der Waals surface area contributed by atoms with Crippen LogP contribution in [0.15, 0.2) is 36.4 Å². The quantitative estimate of drug-likeness (QED) is 0.106. The molecule has 0 atom stereocenters. The minimum Gasteiger partial charge on any atom is -1.00 e. The Morgan fingerprint density at radius 3 is 0.806 bits per heavy atom. The fourth-order valence-electron chi connectivity index (χ4n) is 3.23. The van der Waals surface area contributed by atoms with Gasteiger partial charge in [-0.05, 0) is 0 Å². The van der Waals surface area contributed by atoms with Crippen molar-refractivity contribution in [1.29, 1.82) is 0 Å². The van der Waals surface area contributed by atoms with Gasteiger partial charge in [0, 0.05) is 36.4 Å². The van der Waals surface area contributed by atoms with Gasteiger partial charge in [0.25, 0.3) is 0 Å². The first-order valence-corrected chi connectivity index (χ1v) is 9.46. The normalized spacial score (nSPS) is 10.9. The van der Waals surface area contributed by atoms with Crippen LogP contribution in [0.3, 0.4) is 0 Å². The summed E-state index contributed by atoms with van der Waals surface area (Å²) >= 11 is 0. The number of quaternary nitrogens is 1. The highest BCUT2D eigenvalue weighted by molar-refractivity contribution is 6.13. The molecule has 0 bridgehead atoms. The third-order valence-electron chi connectivity index (χ3n) is 5.17. The lowest BCUT2D eigenvalue weighted by atomic mass is 10.0. The monoisotopic (exact) mass is 523 g/mol. The number of carbonyl (C=O) groups is 3. The highest BCUT2D eigenvalue weighted by atomic mass is 35.5. The fourth-order valence-corrected chi connectivity index (χ4v) is 3.23. The van der Waals surface area contributed by atoms with E-state index in [0.29, 0.717) is 36.4 Å². The van der Waals surface area contributed by atoms with Gasteiger partial charge in [0.05, 0.1) is 23.7 Å². The maximum absolute atomic E-state index is 13.5. The second-order valence-corrected chi connectivity index (χ2v) is 7.51. The van der Waals surface area contributed by atoms with Crippen LogP contribution in [-0.2, 0) is 0 Å². The van der Waals surface area contributed by atoms with Gasteiger partial charge in [-0.3, -0.25) is 0 Å². The third kappa shape index (κ3) is 4.31. The van der Waals surface area contributed by atoms with Crippen molar-refractivity contribution >= 4 is 17.7 Å². The average molecular weight is 524 g/mol. The number of phenols is 9.